The lowest BCUT2D eigenvalue weighted by molar-refractivity contribution is -0.103. The quantitative estimate of drug-likeness (QED) is 0.353. The molecule has 1 aliphatic rings. The fourth-order valence-corrected chi connectivity index (χ4v) is 1.31. The summed E-state index contributed by atoms with van der Waals surface area (Å²) in [6.07, 6.45) is -0.745. The zero-order chi connectivity index (χ0) is 9.19. The van der Waals surface area contributed by atoms with E-state index >= 15 is 0 Å². The molecule has 1 aliphatic heterocycles. The van der Waals surface area contributed by atoms with E-state index < -0.39 is 18.4 Å². The van der Waals surface area contributed by atoms with Crippen molar-refractivity contribution < 1.29 is 14.9 Å². The van der Waals surface area contributed by atoms with Crippen LogP contribution in [0.25, 0.3) is 10.4 Å². The third kappa shape index (κ3) is 1.37. The summed E-state index contributed by atoms with van der Waals surface area (Å²) in [6, 6.07) is 0. The summed E-state index contributed by atoms with van der Waals surface area (Å²) in [5.74, 6) is 0. The highest BCUT2D eigenvalue weighted by Crippen LogP contribution is 2.31. The molecule has 6 heteroatoms. The highest BCUT2D eigenvalue weighted by Gasteiger charge is 2.45. The first-order valence-corrected chi connectivity index (χ1v) is 3.67. The van der Waals surface area contributed by atoms with E-state index in [1.165, 1.54) is 0 Å². The Morgan fingerprint density at radius 1 is 1.83 bits per heavy atom. The van der Waals surface area contributed by atoms with Gasteiger partial charge in [0.1, 0.15) is 0 Å². The minimum atomic E-state index is -1.46. The predicted molar refractivity (Wildman–Crippen MR) is 40.1 cm³/mol. The van der Waals surface area contributed by atoms with Crippen LogP contribution in [0, 0.1) is 0 Å². The number of aliphatic hydroxyl groups excluding tert-OH is 2. The van der Waals surface area contributed by atoms with E-state index in [1.54, 1.807) is 6.92 Å². The monoisotopic (exact) mass is 173 g/mol. The summed E-state index contributed by atoms with van der Waals surface area (Å²) in [7, 11) is 0. The van der Waals surface area contributed by atoms with Gasteiger partial charge in [-0.3, -0.25) is 0 Å². The maximum absolute atomic E-state index is 9.39. The van der Waals surface area contributed by atoms with E-state index in [-0.39, 0.29) is 6.10 Å². The van der Waals surface area contributed by atoms with Gasteiger partial charge in [0.05, 0.1) is 18.8 Å². The van der Waals surface area contributed by atoms with Crippen LogP contribution in [0.2, 0.25) is 0 Å². The number of azide groups is 1. The Labute approximate surface area is 69.4 Å². The lowest BCUT2D eigenvalue weighted by Gasteiger charge is -2.23. The molecule has 0 saturated carbocycles. The second-order valence-corrected chi connectivity index (χ2v) is 2.87. The fraction of sp³-hybridized carbons (Fsp3) is 1.00. The van der Waals surface area contributed by atoms with E-state index in [0.29, 0.717) is 6.42 Å². The van der Waals surface area contributed by atoms with Crippen LogP contribution in [0.3, 0.4) is 0 Å². The van der Waals surface area contributed by atoms with Crippen LogP contribution in [0.15, 0.2) is 5.11 Å². The summed E-state index contributed by atoms with van der Waals surface area (Å²) in [5, 5.41) is 21.5. The zero-order valence-electron chi connectivity index (χ0n) is 6.71. The second kappa shape index (κ2) is 3.28. The Morgan fingerprint density at radius 2 is 2.50 bits per heavy atom. The third-order valence-corrected chi connectivity index (χ3v) is 1.92. The standard InChI is InChI=1S/C6H11N3O3/c1-4-2-5(11)6(3-10,12-4)8-9-7/h4-5,10-11H,2-3H2,1H3/t4-,5+,6+/m0/s1. The molecule has 0 amide bonds. The van der Waals surface area contributed by atoms with Crippen LogP contribution < -0.4 is 0 Å². The number of aliphatic hydroxyl groups is 2. The number of nitrogens with zero attached hydrogens (tertiary/aromatic N) is 3. The average molecular weight is 173 g/mol. The van der Waals surface area contributed by atoms with Crippen LogP contribution in [0.5, 0.6) is 0 Å². The third-order valence-electron chi connectivity index (χ3n) is 1.92. The topological polar surface area (TPSA) is 98.5 Å². The minimum absolute atomic E-state index is 0.197. The Balaban J connectivity index is 2.85. The smallest absolute Gasteiger partial charge is 0.195 e. The molecule has 1 rings (SSSR count). The lowest BCUT2D eigenvalue weighted by Crippen LogP contribution is -2.40. The van der Waals surface area contributed by atoms with E-state index in [1.807, 2.05) is 0 Å². The number of ether oxygens (including phenoxy) is 1. The van der Waals surface area contributed by atoms with Crippen LogP contribution in [-0.2, 0) is 4.74 Å². The molecule has 0 aromatic heterocycles. The normalized spacial score (nSPS) is 40.9. The van der Waals surface area contributed by atoms with Crippen LogP contribution >= 0.6 is 0 Å². The Hall–Kier alpha value is -0.810. The number of rotatable bonds is 2. The molecule has 1 fully saturated rings. The van der Waals surface area contributed by atoms with Gasteiger partial charge in [-0.2, -0.15) is 0 Å². The van der Waals surface area contributed by atoms with Gasteiger partial charge in [0.2, 0.25) is 0 Å². The van der Waals surface area contributed by atoms with Gasteiger partial charge in [-0.1, -0.05) is 5.11 Å². The van der Waals surface area contributed by atoms with Gasteiger partial charge in [-0.25, -0.2) is 0 Å². The Bertz CT molecular complexity index is 216. The van der Waals surface area contributed by atoms with Crippen molar-refractivity contribution >= 4 is 0 Å². The summed E-state index contributed by atoms with van der Waals surface area (Å²) >= 11 is 0. The SMILES string of the molecule is C[C@H]1C[C@@H](O)[C@](CO)(N=[N+]=[N-])O1. The summed E-state index contributed by atoms with van der Waals surface area (Å²) in [6.45, 7) is 1.25. The van der Waals surface area contributed by atoms with Gasteiger partial charge < -0.3 is 14.9 Å². The average Bonchev–Trinajstić information content (AvgIpc) is 2.28. The molecule has 0 spiro atoms. The first kappa shape index (κ1) is 9.28. The van der Waals surface area contributed by atoms with Gasteiger partial charge in [-0.05, 0) is 12.5 Å². The zero-order valence-corrected chi connectivity index (χ0v) is 6.71. The molecule has 1 heterocycles. The summed E-state index contributed by atoms with van der Waals surface area (Å²) in [5.41, 5.74) is 6.72. The van der Waals surface area contributed by atoms with E-state index in [0.717, 1.165) is 0 Å². The molecular formula is C6H11N3O3. The van der Waals surface area contributed by atoms with Crippen LogP contribution in [0.4, 0.5) is 0 Å². The van der Waals surface area contributed by atoms with Crippen molar-refractivity contribution in [1.29, 1.82) is 0 Å². The van der Waals surface area contributed by atoms with Crippen molar-refractivity contribution in [3.05, 3.63) is 10.4 Å². The number of hydrogen-bond acceptors (Lipinski definition) is 4. The van der Waals surface area contributed by atoms with Crippen molar-refractivity contribution in [2.24, 2.45) is 5.11 Å². The van der Waals surface area contributed by atoms with Crippen molar-refractivity contribution in [1.82, 2.24) is 0 Å². The van der Waals surface area contributed by atoms with Crippen LogP contribution in [-0.4, -0.2) is 34.8 Å². The first-order chi connectivity index (χ1) is 5.64. The molecular weight excluding hydrogens is 162 g/mol. The minimum Gasteiger partial charge on any atom is -0.393 e. The maximum Gasteiger partial charge on any atom is 0.195 e. The first-order valence-electron chi connectivity index (χ1n) is 3.67. The molecule has 1 saturated heterocycles. The summed E-state index contributed by atoms with van der Waals surface area (Å²) in [4.78, 5) is 2.53. The molecule has 0 unspecified atom stereocenters. The van der Waals surface area contributed by atoms with Crippen molar-refractivity contribution in [2.75, 3.05) is 6.61 Å². The highest BCUT2D eigenvalue weighted by atomic mass is 16.6. The molecule has 6 nitrogen and oxygen atoms in total. The Kier molecular flexibility index (Phi) is 2.54. The molecule has 68 valence electrons. The molecule has 12 heavy (non-hydrogen) atoms. The van der Waals surface area contributed by atoms with Crippen molar-refractivity contribution in [3.63, 3.8) is 0 Å². The fourth-order valence-electron chi connectivity index (χ4n) is 1.31. The molecule has 2 N–H and O–H groups in total. The second-order valence-electron chi connectivity index (χ2n) is 2.87. The van der Waals surface area contributed by atoms with Crippen molar-refractivity contribution in [3.8, 4) is 0 Å². The molecule has 0 aromatic carbocycles. The van der Waals surface area contributed by atoms with E-state index in [4.69, 9.17) is 15.4 Å². The molecule has 0 bridgehead atoms. The van der Waals surface area contributed by atoms with Gasteiger partial charge in [0.25, 0.3) is 0 Å². The molecule has 0 radical (unpaired) electrons. The van der Waals surface area contributed by atoms with Gasteiger partial charge in [-0.15, -0.1) is 0 Å². The molecule has 0 aromatic rings. The number of hydrogen-bond donors (Lipinski definition) is 2. The van der Waals surface area contributed by atoms with Gasteiger partial charge in [0, 0.05) is 11.3 Å². The predicted octanol–water partition coefficient (Wildman–Crippen LogP) is 0.155. The van der Waals surface area contributed by atoms with Gasteiger partial charge in [0.15, 0.2) is 5.72 Å². The Morgan fingerprint density at radius 3 is 2.83 bits per heavy atom. The lowest BCUT2D eigenvalue weighted by atomic mass is 10.1. The summed E-state index contributed by atoms with van der Waals surface area (Å²) < 4.78 is 5.13. The highest BCUT2D eigenvalue weighted by molar-refractivity contribution is 4.93. The van der Waals surface area contributed by atoms with Crippen molar-refractivity contribution in [2.45, 2.75) is 31.3 Å². The van der Waals surface area contributed by atoms with E-state index in [9.17, 15) is 5.11 Å². The van der Waals surface area contributed by atoms with Crippen LogP contribution in [0.1, 0.15) is 13.3 Å². The van der Waals surface area contributed by atoms with Gasteiger partial charge >= 0.3 is 0 Å². The maximum atomic E-state index is 9.39. The van der Waals surface area contributed by atoms with E-state index in [2.05, 4.69) is 10.0 Å². The molecule has 0 aliphatic carbocycles. The molecule has 3 atom stereocenters. The largest absolute Gasteiger partial charge is 0.393 e.